The van der Waals surface area contributed by atoms with Gasteiger partial charge in [0.1, 0.15) is 6.79 Å². The van der Waals surface area contributed by atoms with Gasteiger partial charge in [0, 0.05) is 31.5 Å². The lowest BCUT2D eigenvalue weighted by Gasteiger charge is -1.99. The third-order valence-electron chi connectivity index (χ3n) is 1.50. The molecule has 0 aromatic carbocycles. The van der Waals surface area contributed by atoms with E-state index in [4.69, 9.17) is 9.47 Å². The number of thiol groups is 1. The Morgan fingerprint density at radius 1 is 1.43 bits per heavy atom. The predicted molar refractivity (Wildman–Crippen MR) is 62.4 cm³/mol. The fourth-order valence-corrected chi connectivity index (χ4v) is 0.866. The Morgan fingerprint density at radius 3 is 2.86 bits per heavy atom. The molecule has 2 nitrogen and oxygen atoms in total. The van der Waals surface area contributed by atoms with Crippen LogP contribution in [0.3, 0.4) is 0 Å². The Kier molecular flexibility index (Phi) is 10.3. The molecule has 0 radical (unpaired) electrons. The Bertz CT molecular complexity index is 203. The van der Waals surface area contributed by atoms with Crippen molar-refractivity contribution in [3.8, 4) is 11.8 Å². The van der Waals surface area contributed by atoms with E-state index < -0.39 is 0 Å². The standard InChI is InChI=1S/C11H18O2S/c1-11(9-14)7-5-3-4-6-8-13-10-12-2/h14H,1,3-4,6,8-10H2,2H3. The van der Waals surface area contributed by atoms with Gasteiger partial charge in [-0.3, -0.25) is 0 Å². The number of rotatable bonds is 7. The molecule has 3 heteroatoms. The summed E-state index contributed by atoms with van der Waals surface area (Å²) in [7, 11) is 1.62. The quantitative estimate of drug-likeness (QED) is 0.303. The summed E-state index contributed by atoms with van der Waals surface area (Å²) in [5.74, 6) is 6.63. The van der Waals surface area contributed by atoms with Crippen LogP contribution in [0.15, 0.2) is 12.2 Å². The molecule has 14 heavy (non-hydrogen) atoms. The van der Waals surface area contributed by atoms with Gasteiger partial charge < -0.3 is 9.47 Å². The molecule has 0 aromatic rings. The molecule has 0 atom stereocenters. The minimum Gasteiger partial charge on any atom is -0.359 e. The minimum atomic E-state index is 0.377. The van der Waals surface area contributed by atoms with Crippen LogP contribution in [-0.4, -0.2) is 26.3 Å². The summed E-state index contributed by atoms with van der Waals surface area (Å²) in [5.41, 5.74) is 0.879. The zero-order valence-electron chi connectivity index (χ0n) is 8.71. The van der Waals surface area contributed by atoms with Crippen molar-refractivity contribution >= 4 is 12.6 Å². The Hall–Kier alpha value is -0.430. The summed E-state index contributed by atoms with van der Waals surface area (Å²) in [6.07, 6.45) is 2.96. The summed E-state index contributed by atoms with van der Waals surface area (Å²) in [6.45, 7) is 4.86. The second kappa shape index (κ2) is 10.6. The number of hydrogen-bond acceptors (Lipinski definition) is 3. The van der Waals surface area contributed by atoms with E-state index in [1.165, 1.54) is 0 Å². The summed E-state index contributed by atoms with van der Waals surface area (Å²) in [4.78, 5) is 0. The summed E-state index contributed by atoms with van der Waals surface area (Å²) < 4.78 is 9.88. The normalized spacial score (nSPS) is 9.29. The summed E-state index contributed by atoms with van der Waals surface area (Å²) >= 11 is 4.06. The van der Waals surface area contributed by atoms with Gasteiger partial charge in [-0.15, -0.1) is 0 Å². The monoisotopic (exact) mass is 214 g/mol. The highest BCUT2D eigenvalue weighted by molar-refractivity contribution is 7.80. The molecule has 0 spiro atoms. The maximum atomic E-state index is 5.13. The van der Waals surface area contributed by atoms with Crippen molar-refractivity contribution in [2.75, 3.05) is 26.3 Å². The van der Waals surface area contributed by atoms with Crippen LogP contribution in [0.2, 0.25) is 0 Å². The van der Waals surface area contributed by atoms with Gasteiger partial charge in [0.25, 0.3) is 0 Å². The van der Waals surface area contributed by atoms with Crippen molar-refractivity contribution in [1.82, 2.24) is 0 Å². The van der Waals surface area contributed by atoms with Gasteiger partial charge in [-0.05, 0) is 12.8 Å². The van der Waals surface area contributed by atoms with E-state index >= 15 is 0 Å². The summed E-state index contributed by atoms with van der Waals surface area (Å²) in [5, 5.41) is 0. The molecule has 0 N–H and O–H groups in total. The average Bonchev–Trinajstić information content (AvgIpc) is 2.21. The van der Waals surface area contributed by atoms with Crippen molar-refractivity contribution < 1.29 is 9.47 Å². The molecule has 0 fully saturated rings. The largest absolute Gasteiger partial charge is 0.359 e. The lowest BCUT2D eigenvalue weighted by atomic mass is 10.2. The van der Waals surface area contributed by atoms with Gasteiger partial charge in [-0.2, -0.15) is 12.6 Å². The first kappa shape index (κ1) is 13.6. The lowest BCUT2D eigenvalue weighted by molar-refractivity contribution is -0.0313. The van der Waals surface area contributed by atoms with E-state index in [1.807, 2.05) is 0 Å². The van der Waals surface area contributed by atoms with Crippen molar-refractivity contribution in [3.05, 3.63) is 12.2 Å². The molecule has 0 amide bonds. The van der Waals surface area contributed by atoms with Crippen LogP contribution in [0.5, 0.6) is 0 Å². The van der Waals surface area contributed by atoms with Crippen molar-refractivity contribution in [2.24, 2.45) is 0 Å². The van der Waals surface area contributed by atoms with Crippen molar-refractivity contribution in [1.29, 1.82) is 0 Å². The predicted octanol–water partition coefficient (Wildman–Crippen LogP) is 2.27. The molecular formula is C11H18O2S. The van der Waals surface area contributed by atoms with Crippen LogP contribution in [0.25, 0.3) is 0 Å². The third kappa shape index (κ3) is 9.66. The number of ether oxygens (including phenoxy) is 2. The van der Waals surface area contributed by atoms with Crippen LogP contribution in [0, 0.1) is 11.8 Å². The molecule has 0 rings (SSSR count). The van der Waals surface area contributed by atoms with Crippen LogP contribution in [0.1, 0.15) is 19.3 Å². The zero-order valence-corrected chi connectivity index (χ0v) is 9.61. The highest BCUT2D eigenvalue weighted by atomic mass is 32.1. The molecule has 0 aliphatic carbocycles. The van der Waals surface area contributed by atoms with Gasteiger partial charge >= 0.3 is 0 Å². The molecule has 80 valence electrons. The molecule has 0 bridgehead atoms. The van der Waals surface area contributed by atoms with Crippen molar-refractivity contribution in [3.63, 3.8) is 0 Å². The van der Waals surface area contributed by atoms with E-state index in [2.05, 4.69) is 31.0 Å². The molecule has 0 saturated heterocycles. The average molecular weight is 214 g/mol. The molecule has 0 aliphatic rings. The first-order valence-corrected chi connectivity index (χ1v) is 5.28. The van der Waals surface area contributed by atoms with Crippen LogP contribution < -0.4 is 0 Å². The molecule has 0 heterocycles. The Morgan fingerprint density at radius 2 is 2.21 bits per heavy atom. The molecule has 0 aliphatic heterocycles. The molecule has 0 saturated carbocycles. The zero-order chi connectivity index (χ0) is 10.6. The maximum absolute atomic E-state index is 5.13. The molecule has 0 unspecified atom stereocenters. The van der Waals surface area contributed by atoms with E-state index in [0.29, 0.717) is 12.5 Å². The van der Waals surface area contributed by atoms with E-state index in [0.717, 1.165) is 31.4 Å². The van der Waals surface area contributed by atoms with Crippen molar-refractivity contribution in [2.45, 2.75) is 19.3 Å². The number of unbranched alkanes of at least 4 members (excludes halogenated alkanes) is 2. The number of hydrogen-bond donors (Lipinski definition) is 1. The number of methoxy groups -OCH3 is 1. The first-order chi connectivity index (χ1) is 6.81. The Labute approximate surface area is 92.1 Å². The van der Waals surface area contributed by atoms with Gasteiger partial charge in [0.2, 0.25) is 0 Å². The highest BCUT2D eigenvalue weighted by Gasteiger charge is 1.87. The highest BCUT2D eigenvalue weighted by Crippen LogP contribution is 1.96. The van der Waals surface area contributed by atoms with Gasteiger partial charge in [-0.25, -0.2) is 0 Å². The fourth-order valence-electron chi connectivity index (χ4n) is 0.787. The van der Waals surface area contributed by atoms with E-state index in [1.54, 1.807) is 7.11 Å². The first-order valence-electron chi connectivity index (χ1n) is 4.65. The smallest absolute Gasteiger partial charge is 0.146 e. The lowest BCUT2D eigenvalue weighted by Crippen LogP contribution is -1.97. The second-order valence-electron chi connectivity index (χ2n) is 2.84. The molecular weight excluding hydrogens is 196 g/mol. The second-order valence-corrected chi connectivity index (χ2v) is 3.15. The maximum Gasteiger partial charge on any atom is 0.146 e. The van der Waals surface area contributed by atoms with Crippen LogP contribution in [-0.2, 0) is 9.47 Å². The van der Waals surface area contributed by atoms with Crippen LogP contribution >= 0.6 is 12.6 Å². The topological polar surface area (TPSA) is 18.5 Å². The van der Waals surface area contributed by atoms with Gasteiger partial charge in [0.05, 0.1) is 0 Å². The van der Waals surface area contributed by atoms with E-state index in [9.17, 15) is 0 Å². The fraction of sp³-hybridized carbons (Fsp3) is 0.636. The Balaban J connectivity index is 3.19. The summed E-state index contributed by atoms with van der Waals surface area (Å²) in [6, 6.07) is 0. The minimum absolute atomic E-state index is 0.377. The SMILES string of the molecule is C=C(C#CCCCCOCOC)CS. The van der Waals surface area contributed by atoms with E-state index in [-0.39, 0.29) is 0 Å². The van der Waals surface area contributed by atoms with Gasteiger partial charge in [0.15, 0.2) is 0 Å². The third-order valence-corrected chi connectivity index (χ3v) is 1.88. The van der Waals surface area contributed by atoms with Gasteiger partial charge in [-0.1, -0.05) is 18.4 Å². The van der Waals surface area contributed by atoms with Crippen LogP contribution in [0.4, 0.5) is 0 Å². The molecule has 0 aromatic heterocycles.